The maximum Gasteiger partial charge on any atom is 0.332 e. The van der Waals surface area contributed by atoms with Crippen LogP contribution >= 0.6 is 11.6 Å². The molecule has 0 saturated carbocycles. The molecule has 148 valence electrons. The van der Waals surface area contributed by atoms with Crippen LogP contribution in [0, 0.1) is 0 Å². The molecule has 1 aliphatic rings. The zero-order valence-electron chi connectivity index (χ0n) is 16.1. The largest absolute Gasteiger partial charge is 0.332 e. The molecule has 0 N–H and O–H groups in total. The molecule has 0 radical (unpaired) electrons. The Labute approximate surface area is 170 Å². The first-order valence-corrected chi connectivity index (χ1v) is 9.82. The Morgan fingerprint density at radius 2 is 1.83 bits per heavy atom. The van der Waals surface area contributed by atoms with Gasteiger partial charge in [-0.05, 0) is 48.6 Å². The second kappa shape index (κ2) is 6.45. The van der Waals surface area contributed by atoms with Crippen LogP contribution in [0.1, 0.15) is 23.4 Å². The van der Waals surface area contributed by atoms with Crippen molar-refractivity contribution in [3.05, 3.63) is 73.4 Å². The average Bonchev–Trinajstić information content (AvgIpc) is 3.41. The minimum absolute atomic E-state index is 0.166. The predicted molar refractivity (Wildman–Crippen MR) is 110 cm³/mol. The van der Waals surface area contributed by atoms with Crippen molar-refractivity contribution in [3.8, 4) is 5.69 Å². The smallest absolute Gasteiger partial charge is 0.303 e. The summed E-state index contributed by atoms with van der Waals surface area (Å²) in [6.45, 7) is 0.324. The summed E-state index contributed by atoms with van der Waals surface area (Å²) in [5.41, 5.74) is 4.03. The number of imidazole rings is 1. The maximum absolute atomic E-state index is 12.8. The molecule has 8 nitrogen and oxygen atoms in total. The quantitative estimate of drug-likeness (QED) is 0.482. The van der Waals surface area contributed by atoms with Crippen molar-refractivity contribution in [2.75, 3.05) is 0 Å². The summed E-state index contributed by atoms with van der Waals surface area (Å²) in [4.78, 5) is 29.3. The Morgan fingerprint density at radius 1 is 1.07 bits per heavy atom. The molecule has 1 aromatic carbocycles. The molecule has 5 rings (SSSR count). The first kappa shape index (κ1) is 17.9. The molecule has 29 heavy (non-hydrogen) atoms. The molecule has 0 fully saturated rings. The molecule has 0 amide bonds. The standard InChI is InChI=1S/C20H19ClN6O2/c1-24-17-16(18(28)25(2)20(24)29)26(19(21)22-17)11-14-13-9-6-10-15(13)27(23-14)12-7-4-3-5-8-12/h3-5,7-8H,6,9-11H2,1-2H3. The number of nitrogens with zero attached hydrogens (tertiary/aromatic N) is 6. The minimum atomic E-state index is -0.432. The highest BCUT2D eigenvalue weighted by Crippen LogP contribution is 2.29. The monoisotopic (exact) mass is 410 g/mol. The first-order chi connectivity index (χ1) is 14.0. The summed E-state index contributed by atoms with van der Waals surface area (Å²) in [5.74, 6) is 0. The van der Waals surface area contributed by atoms with Gasteiger partial charge in [-0.25, -0.2) is 9.48 Å². The van der Waals surface area contributed by atoms with Crippen molar-refractivity contribution in [2.24, 2.45) is 14.1 Å². The number of hydrogen-bond acceptors (Lipinski definition) is 4. The fraction of sp³-hybridized carbons (Fsp3) is 0.300. The van der Waals surface area contributed by atoms with Crippen LogP contribution < -0.4 is 11.2 Å². The summed E-state index contributed by atoms with van der Waals surface area (Å²) in [7, 11) is 3.04. The van der Waals surface area contributed by atoms with Gasteiger partial charge in [-0.15, -0.1) is 0 Å². The van der Waals surface area contributed by atoms with Gasteiger partial charge in [0.2, 0.25) is 5.28 Å². The summed E-state index contributed by atoms with van der Waals surface area (Å²) >= 11 is 6.39. The van der Waals surface area contributed by atoms with Crippen LogP contribution in [0.15, 0.2) is 39.9 Å². The highest BCUT2D eigenvalue weighted by atomic mass is 35.5. The van der Waals surface area contributed by atoms with Gasteiger partial charge in [-0.3, -0.25) is 13.9 Å². The van der Waals surface area contributed by atoms with Crippen LogP contribution in [0.3, 0.4) is 0 Å². The highest BCUT2D eigenvalue weighted by Gasteiger charge is 2.25. The van der Waals surface area contributed by atoms with Crippen molar-refractivity contribution < 1.29 is 0 Å². The fourth-order valence-corrected chi connectivity index (χ4v) is 4.36. The van der Waals surface area contributed by atoms with Crippen molar-refractivity contribution in [3.63, 3.8) is 0 Å². The van der Waals surface area contributed by atoms with Gasteiger partial charge < -0.3 is 4.57 Å². The van der Waals surface area contributed by atoms with Crippen molar-refractivity contribution in [1.29, 1.82) is 0 Å². The van der Waals surface area contributed by atoms with Gasteiger partial charge in [0, 0.05) is 19.8 Å². The number of fused-ring (bicyclic) bond motifs is 2. The fourth-order valence-electron chi connectivity index (χ4n) is 4.14. The number of rotatable bonds is 3. The van der Waals surface area contributed by atoms with E-state index in [1.807, 2.05) is 35.0 Å². The van der Waals surface area contributed by atoms with E-state index in [0.29, 0.717) is 12.1 Å². The lowest BCUT2D eigenvalue weighted by molar-refractivity contribution is 0.695. The van der Waals surface area contributed by atoms with Crippen LogP contribution in [0.2, 0.25) is 5.28 Å². The normalized spacial score (nSPS) is 13.3. The lowest BCUT2D eigenvalue weighted by Crippen LogP contribution is -2.37. The Kier molecular flexibility index (Phi) is 3.99. The summed E-state index contributed by atoms with van der Waals surface area (Å²) in [5, 5.41) is 5.02. The van der Waals surface area contributed by atoms with Gasteiger partial charge in [-0.2, -0.15) is 10.1 Å². The lowest BCUT2D eigenvalue weighted by Gasteiger charge is -2.07. The highest BCUT2D eigenvalue weighted by molar-refractivity contribution is 6.29. The second-order valence-corrected chi connectivity index (χ2v) is 7.66. The molecular formula is C20H19ClN6O2. The molecular weight excluding hydrogens is 392 g/mol. The molecule has 1 aliphatic carbocycles. The first-order valence-electron chi connectivity index (χ1n) is 9.44. The number of hydrogen-bond donors (Lipinski definition) is 0. The van der Waals surface area contributed by atoms with Crippen molar-refractivity contribution >= 4 is 22.8 Å². The maximum atomic E-state index is 12.8. The second-order valence-electron chi connectivity index (χ2n) is 7.32. The Balaban J connectivity index is 1.69. The van der Waals surface area contributed by atoms with Crippen molar-refractivity contribution in [2.45, 2.75) is 25.8 Å². The molecule has 0 saturated heterocycles. The molecule has 0 bridgehead atoms. The number of benzene rings is 1. The zero-order valence-corrected chi connectivity index (χ0v) is 16.8. The summed E-state index contributed by atoms with van der Waals surface area (Å²) in [6.07, 6.45) is 2.98. The molecule has 0 atom stereocenters. The van der Waals surface area contributed by atoms with E-state index in [1.165, 1.54) is 22.9 Å². The molecule has 3 aromatic heterocycles. The van der Waals surface area contributed by atoms with E-state index in [0.717, 1.165) is 35.2 Å². The summed E-state index contributed by atoms with van der Waals surface area (Å²) < 4.78 is 6.05. The van der Waals surface area contributed by atoms with E-state index in [1.54, 1.807) is 11.6 Å². The number of aromatic nitrogens is 6. The van der Waals surface area contributed by atoms with Crippen LogP contribution in [0.4, 0.5) is 0 Å². The van der Waals surface area contributed by atoms with Gasteiger partial charge in [0.1, 0.15) is 0 Å². The Morgan fingerprint density at radius 3 is 2.59 bits per heavy atom. The van der Waals surface area contributed by atoms with E-state index >= 15 is 0 Å². The molecule has 4 aromatic rings. The van der Waals surface area contributed by atoms with Gasteiger partial charge in [-0.1, -0.05) is 18.2 Å². The van der Waals surface area contributed by atoms with Crippen LogP contribution in [0.5, 0.6) is 0 Å². The third-order valence-corrected chi connectivity index (χ3v) is 5.91. The molecule has 0 unspecified atom stereocenters. The third kappa shape index (κ3) is 2.59. The van der Waals surface area contributed by atoms with Gasteiger partial charge in [0.05, 0.1) is 17.9 Å². The van der Waals surface area contributed by atoms with Crippen molar-refractivity contribution in [1.82, 2.24) is 28.5 Å². The predicted octanol–water partition coefficient (Wildman–Crippen LogP) is 1.81. The van der Waals surface area contributed by atoms with E-state index in [2.05, 4.69) is 4.98 Å². The SMILES string of the molecule is Cn1c(=O)c2c(nc(Cl)n2Cc2nn(-c3ccccc3)c3c2CCC3)n(C)c1=O. The van der Waals surface area contributed by atoms with Gasteiger partial charge >= 0.3 is 5.69 Å². The molecule has 3 heterocycles. The Bertz CT molecular complexity index is 1380. The average molecular weight is 411 g/mol. The van der Waals surface area contributed by atoms with Gasteiger partial charge in [0.25, 0.3) is 5.56 Å². The Hall–Kier alpha value is -3.13. The van der Waals surface area contributed by atoms with E-state index in [-0.39, 0.29) is 10.9 Å². The molecule has 0 aliphatic heterocycles. The number of aryl methyl sites for hydroxylation is 1. The third-order valence-electron chi connectivity index (χ3n) is 5.62. The minimum Gasteiger partial charge on any atom is -0.303 e. The number of para-hydroxylation sites is 1. The van der Waals surface area contributed by atoms with Crippen LogP contribution in [-0.4, -0.2) is 28.5 Å². The van der Waals surface area contributed by atoms with Crippen LogP contribution in [-0.2, 0) is 33.5 Å². The topological polar surface area (TPSA) is 79.6 Å². The van der Waals surface area contributed by atoms with Gasteiger partial charge in [0.15, 0.2) is 11.2 Å². The number of halogens is 1. The van der Waals surface area contributed by atoms with E-state index < -0.39 is 11.2 Å². The van der Waals surface area contributed by atoms with Crippen LogP contribution in [0.25, 0.3) is 16.9 Å². The summed E-state index contributed by atoms with van der Waals surface area (Å²) in [6, 6.07) is 10.0. The zero-order chi connectivity index (χ0) is 20.3. The van der Waals surface area contributed by atoms with E-state index in [4.69, 9.17) is 16.7 Å². The molecule has 0 spiro atoms. The molecule has 9 heteroatoms. The lowest BCUT2D eigenvalue weighted by atomic mass is 10.2. The van der Waals surface area contributed by atoms with E-state index in [9.17, 15) is 9.59 Å².